The van der Waals surface area contributed by atoms with E-state index in [0.717, 1.165) is 6.42 Å². The van der Waals surface area contributed by atoms with Crippen molar-refractivity contribution in [1.82, 2.24) is 0 Å². The minimum Gasteiger partial charge on any atom is -0.398 e. The first-order chi connectivity index (χ1) is 8.01. The van der Waals surface area contributed by atoms with Gasteiger partial charge in [-0.3, -0.25) is 0 Å². The average Bonchev–Trinajstić information content (AvgIpc) is 2.33. The molecular formula is C11H14BrNO3S. The minimum absolute atomic E-state index is 0.197. The number of anilines is 1. The highest BCUT2D eigenvalue weighted by Gasteiger charge is 2.31. The van der Waals surface area contributed by atoms with Crippen molar-refractivity contribution in [3.8, 4) is 0 Å². The fourth-order valence-corrected chi connectivity index (χ4v) is 4.20. The predicted molar refractivity (Wildman–Crippen MR) is 69.6 cm³/mol. The smallest absolute Gasteiger partial charge is 0.185 e. The molecule has 1 aromatic rings. The Hall–Kier alpha value is -0.590. The average molecular weight is 320 g/mol. The van der Waals surface area contributed by atoms with Gasteiger partial charge in [0, 0.05) is 11.1 Å². The molecule has 1 saturated heterocycles. The summed E-state index contributed by atoms with van der Waals surface area (Å²) in [4.78, 5) is 0.197. The zero-order chi connectivity index (χ0) is 12.5. The Morgan fingerprint density at radius 3 is 2.82 bits per heavy atom. The molecule has 1 unspecified atom stereocenters. The van der Waals surface area contributed by atoms with Crippen LogP contribution in [0.2, 0.25) is 0 Å². The van der Waals surface area contributed by atoms with E-state index in [1.54, 1.807) is 18.2 Å². The highest BCUT2D eigenvalue weighted by atomic mass is 79.9. The van der Waals surface area contributed by atoms with Gasteiger partial charge in [-0.25, -0.2) is 8.42 Å². The van der Waals surface area contributed by atoms with Crippen LogP contribution in [0.1, 0.15) is 12.8 Å². The number of hydrogen-bond acceptors (Lipinski definition) is 4. The van der Waals surface area contributed by atoms with Crippen molar-refractivity contribution in [3.05, 3.63) is 22.7 Å². The molecule has 1 fully saturated rings. The van der Waals surface area contributed by atoms with Crippen molar-refractivity contribution < 1.29 is 13.2 Å². The number of nitrogen functional groups attached to an aromatic ring is 1. The van der Waals surface area contributed by atoms with Crippen LogP contribution in [-0.2, 0) is 14.6 Å². The van der Waals surface area contributed by atoms with Crippen molar-refractivity contribution in [2.24, 2.45) is 0 Å². The van der Waals surface area contributed by atoms with E-state index in [0.29, 0.717) is 23.2 Å². The van der Waals surface area contributed by atoms with Crippen LogP contribution in [0.3, 0.4) is 0 Å². The minimum atomic E-state index is -3.40. The summed E-state index contributed by atoms with van der Waals surface area (Å²) in [6, 6.07) is 4.88. The lowest BCUT2D eigenvalue weighted by Gasteiger charge is -2.22. The Morgan fingerprint density at radius 1 is 1.41 bits per heavy atom. The van der Waals surface area contributed by atoms with Gasteiger partial charge in [0.25, 0.3) is 0 Å². The van der Waals surface area contributed by atoms with Crippen LogP contribution in [-0.4, -0.2) is 26.9 Å². The van der Waals surface area contributed by atoms with E-state index in [4.69, 9.17) is 10.5 Å². The van der Waals surface area contributed by atoms with Gasteiger partial charge >= 0.3 is 0 Å². The molecule has 0 aliphatic carbocycles. The Bertz CT molecular complexity index is 509. The second-order valence-corrected chi connectivity index (χ2v) is 7.18. The Kier molecular flexibility index (Phi) is 3.75. The van der Waals surface area contributed by atoms with E-state index in [1.165, 1.54) is 0 Å². The molecule has 17 heavy (non-hydrogen) atoms. The maximum atomic E-state index is 12.4. The summed E-state index contributed by atoms with van der Waals surface area (Å²) in [6.07, 6.45) is 1.41. The van der Waals surface area contributed by atoms with Crippen molar-refractivity contribution in [3.63, 3.8) is 0 Å². The molecule has 1 aliphatic rings. The second kappa shape index (κ2) is 4.96. The first kappa shape index (κ1) is 12.9. The summed E-state index contributed by atoms with van der Waals surface area (Å²) in [5.74, 6) is 0. The largest absolute Gasteiger partial charge is 0.398 e. The molecule has 94 valence electrons. The van der Waals surface area contributed by atoms with E-state index in [1.807, 2.05) is 0 Å². The third-order valence-corrected chi connectivity index (χ3v) is 5.55. The molecule has 0 amide bonds. The quantitative estimate of drug-likeness (QED) is 0.846. The Labute approximate surface area is 109 Å². The Morgan fingerprint density at radius 2 is 2.18 bits per heavy atom. The zero-order valence-electron chi connectivity index (χ0n) is 9.23. The predicted octanol–water partition coefficient (Wildman–Crippen LogP) is 1.98. The van der Waals surface area contributed by atoms with Gasteiger partial charge < -0.3 is 10.5 Å². The monoisotopic (exact) mass is 319 g/mol. The summed E-state index contributed by atoms with van der Waals surface area (Å²) in [5, 5.41) is -0.479. The number of halogens is 1. The summed E-state index contributed by atoms with van der Waals surface area (Å²) >= 11 is 3.26. The van der Waals surface area contributed by atoms with Crippen LogP contribution < -0.4 is 5.73 Å². The van der Waals surface area contributed by atoms with Crippen molar-refractivity contribution >= 4 is 31.5 Å². The lowest BCUT2D eigenvalue weighted by molar-refractivity contribution is 0.0991. The number of ether oxygens (including phenoxy) is 1. The first-order valence-corrected chi connectivity index (χ1v) is 7.72. The zero-order valence-corrected chi connectivity index (χ0v) is 11.6. The van der Waals surface area contributed by atoms with Crippen molar-refractivity contribution in [2.45, 2.75) is 23.0 Å². The highest BCUT2D eigenvalue weighted by molar-refractivity contribution is 9.10. The van der Waals surface area contributed by atoms with Crippen LogP contribution in [0.4, 0.5) is 5.69 Å². The lowest BCUT2D eigenvalue weighted by atomic mass is 10.2. The van der Waals surface area contributed by atoms with Gasteiger partial charge in [0.15, 0.2) is 9.84 Å². The molecule has 6 heteroatoms. The number of rotatable bonds is 2. The molecular weight excluding hydrogens is 306 g/mol. The number of hydrogen-bond donors (Lipinski definition) is 1. The summed E-state index contributed by atoms with van der Waals surface area (Å²) in [5.41, 5.74) is 6.03. The van der Waals surface area contributed by atoms with Gasteiger partial charge in [-0.15, -0.1) is 0 Å². The fraction of sp³-hybridized carbons (Fsp3) is 0.455. The molecule has 4 nitrogen and oxygen atoms in total. The van der Waals surface area contributed by atoms with Crippen molar-refractivity contribution in [2.75, 3.05) is 18.9 Å². The number of sulfone groups is 1. The van der Waals surface area contributed by atoms with Crippen LogP contribution in [0, 0.1) is 0 Å². The second-order valence-electron chi connectivity index (χ2n) is 4.07. The van der Waals surface area contributed by atoms with Crippen LogP contribution in [0.25, 0.3) is 0 Å². The number of benzene rings is 1. The summed E-state index contributed by atoms with van der Waals surface area (Å²) in [6.45, 7) is 0.897. The molecule has 0 aromatic heterocycles. The topological polar surface area (TPSA) is 69.4 Å². The molecule has 1 heterocycles. The maximum absolute atomic E-state index is 12.4. The van der Waals surface area contributed by atoms with E-state index in [-0.39, 0.29) is 11.5 Å². The van der Waals surface area contributed by atoms with Gasteiger partial charge in [0.2, 0.25) is 0 Å². The van der Waals surface area contributed by atoms with Crippen LogP contribution >= 0.6 is 15.9 Å². The molecule has 1 aliphatic heterocycles. The highest BCUT2D eigenvalue weighted by Crippen LogP contribution is 2.29. The third-order valence-electron chi connectivity index (χ3n) is 2.84. The SMILES string of the molecule is Nc1ccc(Br)cc1S(=O)(=O)C1CCCOC1. The molecule has 1 atom stereocenters. The van der Waals surface area contributed by atoms with Crippen LogP contribution in [0.15, 0.2) is 27.6 Å². The Balaban J connectivity index is 2.40. The van der Waals surface area contributed by atoms with Crippen LogP contribution in [0.5, 0.6) is 0 Å². The van der Waals surface area contributed by atoms with Gasteiger partial charge in [-0.1, -0.05) is 15.9 Å². The van der Waals surface area contributed by atoms with Gasteiger partial charge in [0.1, 0.15) is 0 Å². The fourth-order valence-electron chi connectivity index (χ4n) is 1.89. The normalized spacial score (nSPS) is 21.4. The molecule has 2 rings (SSSR count). The summed E-state index contributed by atoms with van der Waals surface area (Å²) in [7, 11) is -3.40. The molecule has 0 saturated carbocycles. The molecule has 1 aromatic carbocycles. The van der Waals surface area contributed by atoms with E-state index in [2.05, 4.69) is 15.9 Å². The first-order valence-electron chi connectivity index (χ1n) is 5.38. The molecule has 2 N–H and O–H groups in total. The van der Waals surface area contributed by atoms with Gasteiger partial charge in [0.05, 0.1) is 22.4 Å². The maximum Gasteiger partial charge on any atom is 0.185 e. The van der Waals surface area contributed by atoms with Gasteiger partial charge in [-0.05, 0) is 31.0 Å². The van der Waals surface area contributed by atoms with E-state index < -0.39 is 15.1 Å². The summed E-state index contributed by atoms with van der Waals surface area (Å²) < 4.78 is 30.7. The van der Waals surface area contributed by atoms with E-state index >= 15 is 0 Å². The van der Waals surface area contributed by atoms with Crippen molar-refractivity contribution in [1.29, 1.82) is 0 Å². The third kappa shape index (κ3) is 2.64. The number of nitrogens with two attached hydrogens (primary N) is 1. The molecule has 0 bridgehead atoms. The standard InChI is InChI=1S/C11H14BrNO3S/c12-8-3-4-10(13)11(6-8)17(14,15)9-2-1-5-16-7-9/h3-4,6,9H,1-2,5,7,13H2. The van der Waals surface area contributed by atoms with E-state index in [9.17, 15) is 8.42 Å². The lowest BCUT2D eigenvalue weighted by Crippen LogP contribution is -2.31. The molecule has 0 spiro atoms. The molecule has 0 radical (unpaired) electrons. The van der Waals surface area contributed by atoms with Gasteiger partial charge in [-0.2, -0.15) is 0 Å².